The summed E-state index contributed by atoms with van der Waals surface area (Å²) in [5.74, 6) is 0. The van der Waals surface area contributed by atoms with Crippen molar-refractivity contribution in [2.45, 2.75) is 64.5 Å². The Morgan fingerprint density at radius 2 is 1.94 bits per heavy atom. The zero-order chi connectivity index (χ0) is 12.7. The number of nitrogens with one attached hydrogen (secondary N) is 1. The minimum atomic E-state index is 0.264. The largest absolute Gasteiger partial charge is 0.314 e. The Morgan fingerprint density at radius 1 is 1.24 bits per heavy atom. The fourth-order valence-electron chi connectivity index (χ4n) is 2.05. The van der Waals surface area contributed by atoms with Gasteiger partial charge in [0, 0.05) is 18.1 Å². The van der Waals surface area contributed by atoms with Crippen LogP contribution in [0.15, 0.2) is 12.7 Å². The normalized spacial score (nSPS) is 16.5. The SMILES string of the molecule is C=CCN(CCCCCNC1CC1)C(C)(C)C. The van der Waals surface area contributed by atoms with Gasteiger partial charge in [0.05, 0.1) is 0 Å². The molecule has 100 valence electrons. The summed E-state index contributed by atoms with van der Waals surface area (Å²) in [6.07, 6.45) is 8.78. The van der Waals surface area contributed by atoms with E-state index in [4.69, 9.17) is 0 Å². The summed E-state index contributed by atoms with van der Waals surface area (Å²) in [5, 5.41) is 3.57. The van der Waals surface area contributed by atoms with Crippen LogP contribution in [-0.2, 0) is 0 Å². The average Bonchev–Trinajstić information content (AvgIpc) is 3.03. The molecule has 0 heterocycles. The van der Waals surface area contributed by atoms with Crippen molar-refractivity contribution in [3.8, 4) is 0 Å². The van der Waals surface area contributed by atoms with Crippen molar-refractivity contribution in [3.63, 3.8) is 0 Å². The lowest BCUT2D eigenvalue weighted by molar-refractivity contribution is 0.151. The Hall–Kier alpha value is -0.340. The molecule has 0 aliphatic heterocycles. The highest BCUT2D eigenvalue weighted by Crippen LogP contribution is 2.18. The summed E-state index contributed by atoms with van der Waals surface area (Å²) < 4.78 is 0. The highest BCUT2D eigenvalue weighted by molar-refractivity contribution is 4.83. The lowest BCUT2D eigenvalue weighted by atomic mass is 10.1. The van der Waals surface area contributed by atoms with Crippen LogP contribution >= 0.6 is 0 Å². The first kappa shape index (κ1) is 14.7. The molecule has 0 atom stereocenters. The molecule has 2 nitrogen and oxygen atoms in total. The van der Waals surface area contributed by atoms with E-state index >= 15 is 0 Å². The van der Waals surface area contributed by atoms with Crippen LogP contribution in [0, 0.1) is 0 Å². The molecule has 1 rings (SSSR count). The topological polar surface area (TPSA) is 15.3 Å². The van der Waals surface area contributed by atoms with Gasteiger partial charge < -0.3 is 5.32 Å². The predicted octanol–water partition coefficient (Wildman–Crippen LogP) is 3.20. The van der Waals surface area contributed by atoms with Gasteiger partial charge in [0.25, 0.3) is 0 Å². The minimum Gasteiger partial charge on any atom is -0.314 e. The first-order valence-corrected chi connectivity index (χ1v) is 7.13. The van der Waals surface area contributed by atoms with Gasteiger partial charge in [-0.2, -0.15) is 0 Å². The summed E-state index contributed by atoms with van der Waals surface area (Å²) >= 11 is 0. The maximum absolute atomic E-state index is 3.85. The van der Waals surface area contributed by atoms with Crippen molar-refractivity contribution >= 4 is 0 Å². The van der Waals surface area contributed by atoms with Crippen LogP contribution < -0.4 is 5.32 Å². The molecule has 0 aromatic rings. The molecule has 0 aromatic carbocycles. The Morgan fingerprint density at radius 3 is 2.47 bits per heavy atom. The van der Waals surface area contributed by atoms with Gasteiger partial charge in [-0.1, -0.05) is 12.5 Å². The molecule has 0 unspecified atom stereocenters. The molecule has 0 spiro atoms. The van der Waals surface area contributed by atoms with Crippen molar-refractivity contribution in [2.75, 3.05) is 19.6 Å². The molecule has 0 saturated heterocycles. The summed E-state index contributed by atoms with van der Waals surface area (Å²) in [6, 6.07) is 0.863. The zero-order valence-electron chi connectivity index (χ0n) is 12.0. The smallest absolute Gasteiger partial charge is 0.0165 e. The van der Waals surface area contributed by atoms with E-state index in [1.165, 1.54) is 45.2 Å². The predicted molar refractivity (Wildman–Crippen MR) is 76.4 cm³/mol. The second kappa shape index (κ2) is 7.17. The van der Waals surface area contributed by atoms with E-state index in [0.717, 1.165) is 12.6 Å². The molecule has 0 radical (unpaired) electrons. The Balaban J connectivity index is 2.02. The number of unbranched alkanes of at least 4 members (excludes halogenated alkanes) is 2. The van der Waals surface area contributed by atoms with Gasteiger partial charge in [-0.25, -0.2) is 0 Å². The maximum Gasteiger partial charge on any atom is 0.0165 e. The van der Waals surface area contributed by atoms with E-state index in [2.05, 4.69) is 37.6 Å². The van der Waals surface area contributed by atoms with E-state index in [1.807, 2.05) is 6.08 Å². The molecule has 1 fully saturated rings. The first-order chi connectivity index (χ1) is 8.04. The minimum absolute atomic E-state index is 0.264. The second-order valence-corrected chi connectivity index (χ2v) is 6.19. The Kier molecular flexibility index (Phi) is 6.21. The maximum atomic E-state index is 3.85. The molecule has 0 aromatic heterocycles. The third-order valence-electron chi connectivity index (χ3n) is 3.41. The third kappa shape index (κ3) is 6.85. The second-order valence-electron chi connectivity index (χ2n) is 6.19. The van der Waals surface area contributed by atoms with E-state index in [1.54, 1.807) is 0 Å². The molecule has 17 heavy (non-hydrogen) atoms. The average molecular weight is 238 g/mol. The molecule has 1 N–H and O–H groups in total. The summed E-state index contributed by atoms with van der Waals surface area (Å²) in [7, 11) is 0. The monoisotopic (exact) mass is 238 g/mol. The summed E-state index contributed by atoms with van der Waals surface area (Å²) in [6.45, 7) is 14.1. The van der Waals surface area contributed by atoms with Crippen LogP contribution in [0.2, 0.25) is 0 Å². The fraction of sp³-hybridized carbons (Fsp3) is 0.867. The summed E-state index contributed by atoms with van der Waals surface area (Å²) in [4.78, 5) is 2.51. The van der Waals surface area contributed by atoms with E-state index in [0.29, 0.717) is 0 Å². The number of hydrogen-bond acceptors (Lipinski definition) is 2. The standard InChI is InChI=1S/C15H30N2/c1-5-12-17(15(2,3)4)13-8-6-7-11-16-14-9-10-14/h5,14,16H,1,6-13H2,2-4H3. The summed E-state index contributed by atoms with van der Waals surface area (Å²) in [5.41, 5.74) is 0.264. The number of rotatable bonds is 9. The Labute approximate surface area is 107 Å². The first-order valence-electron chi connectivity index (χ1n) is 7.13. The van der Waals surface area contributed by atoms with Crippen LogP contribution in [-0.4, -0.2) is 36.1 Å². The van der Waals surface area contributed by atoms with Gasteiger partial charge in [0.2, 0.25) is 0 Å². The molecule has 1 aliphatic rings. The lowest BCUT2D eigenvalue weighted by Crippen LogP contribution is -2.42. The van der Waals surface area contributed by atoms with Gasteiger partial charge >= 0.3 is 0 Å². The van der Waals surface area contributed by atoms with Crippen LogP contribution in [0.25, 0.3) is 0 Å². The molecular weight excluding hydrogens is 208 g/mol. The molecule has 0 bridgehead atoms. The van der Waals surface area contributed by atoms with Crippen LogP contribution in [0.4, 0.5) is 0 Å². The van der Waals surface area contributed by atoms with Crippen LogP contribution in [0.1, 0.15) is 52.9 Å². The van der Waals surface area contributed by atoms with Crippen molar-refractivity contribution in [2.24, 2.45) is 0 Å². The van der Waals surface area contributed by atoms with Crippen molar-refractivity contribution in [1.29, 1.82) is 0 Å². The number of nitrogens with zero attached hydrogens (tertiary/aromatic N) is 1. The van der Waals surface area contributed by atoms with Crippen molar-refractivity contribution in [3.05, 3.63) is 12.7 Å². The van der Waals surface area contributed by atoms with Crippen molar-refractivity contribution < 1.29 is 0 Å². The van der Waals surface area contributed by atoms with Gasteiger partial charge in [0.15, 0.2) is 0 Å². The van der Waals surface area contributed by atoms with Crippen molar-refractivity contribution in [1.82, 2.24) is 10.2 Å². The molecule has 2 heteroatoms. The van der Waals surface area contributed by atoms with E-state index in [9.17, 15) is 0 Å². The van der Waals surface area contributed by atoms with Gasteiger partial charge in [0.1, 0.15) is 0 Å². The van der Waals surface area contributed by atoms with Gasteiger partial charge in [-0.3, -0.25) is 4.90 Å². The third-order valence-corrected chi connectivity index (χ3v) is 3.41. The zero-order valence-corrected chi connectivity index (χ0v) is 12.0. The Bertz CT molecular complexity index is 213. The van der Waals surface area contributed by atoms with Crippen LogP contribution in [0.5, 0.6) is 0 Å². The molecular formula is C15H30N2. The van der Waals surface area contributed by atoms with Crippen LogP contribution in [0.3, 0.4) is 0 Å². The number of hydrogen-bond donors (Lipinski definition) is 1. The highest BCUT2D eigenvalue weighted by atomic mass is 15.2. The quantitative estimate of drug-likeness (QED) is 0.490. The van der Waals surface area contributed by atoms with Gasteiger partial charge in [-0.05, 0) is 59.5 Å². The van der Waals surface area contributed by atoms with E-state index < -0.39 is 0 Å². The molecule has 1 saturated carbocycles. The van der Waals surface area contributed by atoms with E-state index in [-0.39, 0.29) is 5.54 Å². The molecule has 1 aliphatic carbocycles. The fourth-order valence-corrected chi connectivity index (χ4v) is 2.05. The highest BCUT2D eigenvalue weighted by Gasteiger charge is 2.20. The molecule has 0 amide bonds. The van der Waals surface area contributed by atoms with Gasteiger partial charge in [-0.15, -0.1) is 6.58 Å². The lowest BCUT2D eigenvalue weighted by Gasteiger charge is -2.34.